The minimum atomic E-state index is -0.382. The Labute approximate surface area is 191 Å². The molecule has 0 atom stereocenters. The molecule has 9 heteroatoms. The van der Waals surface area contributed by atoms with Gasteiger partial charge in [0.2, 0.25) is 0 Å². The Hall–Kier alpha value is -0.844. The van der Waals surface area contributed by atoms with Gasteiger partial charge in [0.15, 0.2) is 5.82 Å². The Balaban J connectivity index is 0.00000182. The molecule has 4 heterocycles. The van der Waals surface area contributed by atoms with Crippen LogP contribution in [0.3, 0.4) is 0 Å². The Bertz CT molecular complexity index is 867. The average molecular weight is 380 g/mol. The van der Waals surface area contributed by atoms with Crippen molar-refractivity contribution in [2.24, 2.45) is 0 Å². The second-order valence-electron chi connectivity index (χ2n) is 5.70. The van der Waals surface area contributed by atoms with Crippen LogP contribution >= 0.6 is 11.8 Å². The second-order valence-corrected chi connectivity index (χ2v) is 6.72. The van der Waals surface area contributed by atoms with Crippen LogP contribution in [-0.4, -0.2) is 90.6 Å². The molecule has 2 aromatic heterocycles. The summed E-state index contributed by atoms with van der Waals surface area (Å²) in [7, 11) is 0. The van der Waals surface area contributed by atoms with Gasteiger partial charge in [-0.15, -0.1) is 0 Å². The normalized spacial score (nSPS) is 19.2. The van der Waals surface area contributed by atoms with Crippen molar-refractivity contribution in [3.8, 4) is 0 Å². The third kappa shape index (κ3) is 4.12. The smallest absolute Gasteiger partial charge is 0.290 e. The van der Waals surface area contributed by atoms with Crippen molar-refractivity contribution in [2.75, 3.05) is 18.0 Å². The first kappa shape index (κ1) is 18.9. The van der Waals surface area contributed by atoms with Gasteiger partial charge in [0.1, 0.15) is 11.8 Å². The monoisotopic (exact) mass is 380 g/mol. The molecule has 25 heavy (non-hydrogen) atoms. The fourth-order valence-electron chi connectivity index (χ4n) is 2.92. The van der Waals surface area contributed by atoms with E-state index < -0.39 is 0 Å². The number of pyridine rings is 1. The number of imide groups is 1. The van der Waals surface area contributed by atoms with Crippen molar-refractivity contribution in [1.29, 1.82) is 0 Å². The predicted octanol–water partition coefficient (Wildman–Crippen LogP) is 1.96. The Morgan fingerprint density at radius 3 is 2.64 bits per heavy atom. The van der Waals surface area contributed by atoms with Gasteiger partial charge in [0, 0.05) is 64.5 Å². The molecule has 0 unspecified atom stereocenters. The van der Waals surface area contributed by atoms with E-state index in [0.29, 0.717) is 10.6 Å². The van der Waals surface area contributed by atoms with Gasteiger partial charge in [-0.2, -0.15) is 0 Å². The van der Waals surface area contributed by atoms with E-state index >= 15 is 0 Å². The van der Waals surface area contributed by atoms with Crippen molar-refractivity contribution >= 4 is 97.2 Å². The quantitative estimate of drug-likeness (QED) is 0.629. The Morgan fingerprint density at radius 1 is 1.12 bits per heavy atom. The minimum Gasteiger partial charge on any atom is -0.355 e. The molecule has 1 N–H and O–H groups in total. The van der Waals surface area contributed by atoms with E-state index in [2.05, 4.69) is 25.2 Å². The zero-order valence-corrected chi connectivity index (χ0v) is 17.8. The third-order valence-electron chi connectivity index (χ3n) is 4.06. The van der Waals surface area contributed by atoms with Crippen LogP contribution < -0.4 is 10.2 Å². The summed E-state index contributed by atoms with van der Waals surface area (Å²) in [4.78, 5) is 38.9. The molecule has 0 saturated carbocycles. The molecule has 2 aliphatic heterocycles. The van der Waals surface area contributed by atoms with Gasteiger partial charge in [0.05, 0.1) is 16.1 Å². The maximum Gasteiger partial charge on any atom is 0.290 e. The summed E-state index contributed by atoms with van der Waals surface area (Å²) in [5.74, 6) is 0.451. The van der Waals surface area contributed by atoms with Crippen molar-refractivity contribution in [2.45, 2.75) is 19.3 Å². The minimum absolute atomic E-state index is 0. The molecular formula is C16H15KN5O2S. The summed E-state index contributed by atoms with van der Waals surface area (Å²) < 4.78 is 0. The Morgan fingerprint density at radius 2 is 1.92 bits per heavy atom. The van der Waals surface area contributed by atoms with Gasteiger partial charge >= 0.3 is 0 Å². The van der Waals surface area contributed by atoms with Gasteiger partial charge in [-0.05, 0) is 49.2 Å². The zero-order valence-electron chi connectivity index (χ0n) is 13.9. The van der Waals surface area contributed by atoms with Gasteiger partial charge < -0.3 is 4.90 Å². The summed E-state index contributed by atoms with van der Waals surface area (Å²) in [5, 5.41) is 1.89. The first-order chi connectivity index (χ1) is 11.7. The summed E-state index contributed by atoms with van der Waals surface area (Å²) in [5.41, 5.74) is 2.11. The van der Waals surface area contributed by atoms with E-state index in [1.54, 1.807) is 18.5 Å². The molecular weight excluding hydrogens is 365 g/mol. The van der Waals surface area contributed by atoms with Crippen LogP contribution in [0.2, 0.25) is 0 Å². The van der Waals surface area contributed by atoms with E-state index in [4.69, 9.17) is 0 Å². The van der Waals surface area contributed by atoms with Crippen LogP contribution in [0.4, 0.5) is 10.6 Å². The average Bonchev–Trinajstić information content (AvgIpc) is 2.92. The molecule has 2 aliphatic rings. The summed E-state index contributed by atoms with van der Waals surface area (Å²) in [6.07, 6.45) is 6.72. The molecule has 7 nitrogen and oxygen atoms in total. The molecule has 0 bridgehead atoms. The van der Waals surface area contributed by atoms with Crippen LogP contribution in [0.1, 0.15) is 25.0 Å². The number of carbonyl (C=O) groups is 2. The number of hydrogen-bond acceptors (Lipinski definition) is 7. The van der Waals surface area contributed by atoms with Gasteiger partial charge in [-0.1, -0.05) is 0 Å². The molecule has 0 aliphatic carbocycles. The maximum atomic E-state index is 11.7. The van der Waals surface area contributed by atoms with Crippen LogP contribution in [-0.2, 0) is 4.79 Å². The number of carbonyl (C=O) groups excluding carboxylic acids is 2. The fourth-order valence-corrected chi connectivity index (χ4v) is 3.58. The van der Waals surface area contributed by atoms with Gasteiger partial charge in [-0.3, -0.25) is 14.9 Å². The van der Waals surface area contributed by atoms with E-state index in [0.717, 1.165) is 54.5 Å². The van der Waals surface area contributed by atoms with Crippen LogP contribution in [0.5, 0.6) is 0 Å². The number of thioether (sulfide) groups is 1. The predicted molar refractivity (Wildman–Crippen MR) is 98.3 cm³/mol. The summed E-state index contributed by atoms with van der Waals surface area (Å²) in [6, 6.07) is 3.65. The summed E-state index contributed by atoms with van der Waals surface area (Å²) in [6.45, 7) is 1.93. The number of piperidine rings is 1. The van der Waals surface area contributed by atoms with Crippen molar-refractivity contribution < 1.29 is 9.59 Å². The van der Waals surface area contributed by atoms with Gasteiger partial charge in [-0.25, -0.2) is 15.0 Å². The standard InChI is InChI=1S/C16H15N5O2S.K/c22-15-12(24-16(23)20-15)8-10-4-5-11-13(19-10)14(18-9-17-11)21-6-2-1-3-7-21;/h4-5,8-9H,1-3,6-7H2,(H,20,22,23);/b12-8-;. The number of anilines is 1. The molecule has 2 fully saturated rings. The first-order valence-corrected chi connectivity index (χ1v) is 8.64. The third-order valence-corrected chi connectivity index (χ3v) is 4.87. The number of nitrogens with one attached hydrogen (secondary N) is 1. The van der Waals surface area contributed by atoms with Crippen molar-refractivity contribution in [3.05, 3.63) is 29.1 Å². The molecule has 2 saturated heterocycles. The zero-order chi connectivity index (χ0) is 16.5. The number of rotatable bonds is 2. The molecule has 0 spiro atoms. The SMILES string of the molecule is O=C1NC(=O)/C(=C/c2ccc3ncnc(N4CCCCC4)c3n2)S1.[K]. The number of fused-ring (bicyclic) bond motifs is 1. The number of nitrogens with zero attached hydrogens (tertiary/aromatic N) is 4. The Kier molecular flexibility index (Phi) is 6.24. The number of amides is 2. The van der Waals surface area contributed by atoms with E-state index in [-0.39, 0.29) is 62.5 Å². The van der Waals surface area contributed by atoms with E-state index in [1.807, 2.05) is 6.07 Å². The van der Waals surface area contributed by atoms with Crippen LogP contribution in [0.15, 0.2) is 23.4 Å². The van der Waals surface area contributed by atoms with Gasteiger partial charge in [0.25, 0.3) is 11.1 Å². The molecule has 0 aromatic carbocycles. The second kappa shape index (κ2) is 8.23. The molecule has 1 radical (unpaired) electrons. The first-order valence-electron chi connectivity index (χ1n) is 7.82. The molecule has 123 valence electrons. The van der Waals surface area contributed by atoms with Crippen LogP contribution in [0.25, 0.3) is 17.1 Å². The number of hydrogen-bond donors (Lipinski definition) is 1. The molecule has 4 rings (SSSR count). The summed E-state index contributed by atoms with van der Waals surface area (Å²) >= 11 is 0.886. The molecule has 2 aromatic rings. The van der Waals surface area contributed by atoms with E-state index in [9.17, 15) is 9.59 Å². The van der Waals surface area contributed by atoms with Crippen LogP contribution in [0, 0.1) is 0 Å². The fraction of sp³-hybridized carbons (Fsp3) is 0.312. The van der Waals surface area contributed by atoms with E-state index in [1.165, 1.54) is 6.42 Å². The maximum absolute atomic E-state index is 11.7. The van der Waals surface area contributed by atoms with Crippen molar-refractivity contribution in [3.63, 3.8) is 0 Å². The molecule has 2 amide bonds. The number of aromatic nitrogens is 3. The largest absolute Gasteiger partial charge is 0.355 e. The van der Waals surface area contributed by atoms with Crippen molar-refractivity contribution in [1.82, 2.24) is 20.3 Å². The topological polar surface area (TPSA) is 88.1 Å².